The van der Waals surface area contributed by atoms with Crippen molar-refractivity contribution >= 4 is 27.4 Å². The van der Waals surface area contributed by atoms with E-state index in [1.807, 2.05) is 0 Å². The van der Waals surface area contributed by atoms with Crippen LogP contribution in [0.25, 0.3) is 21.3 Å². The predicted molar refractivity (Wildman–Crippen MR) is 135 cm³/mol. The van der Waals surface area contributed by atoms with Crippen molar-refractivity contribution in [1.82, 2.24) is 14.9 Å². The molecule has 1 aliphatic heterocycles. The first kappa shape index (κ1) is 20.8. The first-order chi connectivity index (χ1) is 16.3. The second-order valence-electron chi connectivity index (χ2n) is 8.86. The van der Waals surface area contributed by atoms with E-state index in [1.165, 1.54) is 28.7 Å². The van der Waals surface area contributed by atoms with Gasteiger partial charge >= 0.3 is 0 Å². The Morgan fingerprint density at radius 1 is 1.00 bits per heavy atom. The lowest BCUT2D eigenvalue weighted by atomic mass is 9.87. The number of benzene rings is 2. The van der Waals surface area contributed by atoms with Crippen LogP contribution in [0.4, 0.5) is 5.82 Å². The summed E-state index contributed by atoms with van der Waals surface area (Å²) in [5.74, 6) is 1.85. The molecule has 1 N–H and O–H groups in total. The Morgan fingerprint density at radius 3 is 2.70 bits per heavy atom. The monoisotopic (exact) mass is 456 g/mol. The highest BCUT2D eigenvalue weighted by Gasteiger charge is 2.23. The predicted octanol–water partition coefficient (Wildman–Crippen LogP) is 5.68. The molecule has 6 rings (SSSR count). The summed E-state index contributed by atoms with van der Waals surface area (Å²) in [7, 11) is 0. The third kappa shape index (κ3) is 4.26. The van der Waals surface area contributed by atoms with Crippen molar-refractivity contribution in [2.24, 2.45) is 0 Å². The second-order valence-corrected chi connectivity index (χ2v) is 9.72. The van der Waals surface area contributed by atoms with Crippen molar-refractivity contribution < 1.29 is 4.74 Å². The number of aryl methyl sites for hydroxylation is 1. The summed E-state index contributed by atoms with van der Waals surface area (Å²) >= 11 is 1.71. The van der Waals surface area contributed by atoms with Gasteiger partial charge in [0.25, 0.3) is 0 Å². The molecule has 1 saturated heterocycles. The van der Waals surface area contributed by atoms with Crippen LogP contribution in [0.1, 0.15) is 35.8 Å². The molecule has 4 aromatic rings. The highest BCUT2D eigenvalue weighted by atomic mass is 32.1. The molecule has 2 aromatic heterocycles. The quantitative estimate of drug-likeness (QED) is 0.419. The Balaban J connectivity index is 1.42. The van der Waals surface area contributed by atoms with Gasteiger partial charge in [0.1, 0.15) is 16.5 Å². The number of nitrogens with one attached hydrogen (secondary N) is 1. The van der Waals surface area contributed by atoms with Crippen LogP contribution in [0.2, 0.25) is 0 Å². The van der Waals surface area contributed by atoms with Crippen molar-refractivity contribution in [2.45, 2.75) is 31.8 Å². The molecule has 0 bridgehead atoms. The van der Waals surface area contributed by atoms with Gasteiger partial charge in [0.2, 0.25) is 0 Å². The summed E-state index contributed by atoms with van der Waals surface area (Å²) in [5, 5.41) is 7.23. The fourth-order valence-electron chi connectivity index (χ4n) is 5.02. The van der Waals surface area contributed by atoms with Crippen LogP contribution in [-0.4, -0.2) is 41.2 Å². The molecule has 168 valence electrons. The molecule has 1 aliphatic carbocycles. The first-order valence-electron chi connectivity index (χ1n) is 11.8. The number of hydrogen-bond donors (Lipinski definition) is 1. The summed E-state index contributed by atoms with van der Waals surface area (Å²) < 4.78 is 5.52. The smallest absolute Gasteiger partial charge is 0.146 e. The van der Waals surface area contributed by atoms with E-state index in [2.05, 4.69) is 70.2 Å². The van der Waals surface area contributed by atoms with Crippen molar-refractivity contribution in [3.8, 4) is 11.1 Å². The van der Waals surface area contributed by atoms with Gasteiger partial charge in [0.15, 0.2) is 0 Å². The number of aromatic nitrogens is 2. The molecule has 2 aromatic carbocycles. The zero-order valence-electron chi connectivity index (χ0n) is 18.7. The number of fused-ring (bicyclic) bond motifs is 2. The Kier molecular flexibility index (Phi) is 5.80. The molecule has 5 nitrogen and oxygen atoms in total. The third-order valence-electron chi connectivity index (χ3n) is 6.71. The molecular weight excluding hydrogens is 428 g/mol. The summed E-state index contributed by atoms with van der Waals surface area (Å²) in [5.41, 5.74) is 5.27. The van der Waals surface area contributed by atoms with Gasteiger partial charge in [-0.05, 0) is 36.0 Å². The molecule has 2 aliphatic rings. The van der Waals surface area contributed by atoms with E-state index in [0.29, 0.717) is 0 Å². The zero-order valence-corrected chi connectivity index (χ0v) is 19.5. The van der Waals surface area contributed by atoms with Crippen LogP contribution in [-0.2, 0) is 17.7 Å². The fraction of sp³-hybridized carbons (Fsp3) is 0.333. The Hall–Kier alpha value is -2.80. The van der Waals surface area contributed by atoms with Crippen LogP contribution >= 0.6 is 11.3 Å². The molecule has 1 fully saturated rings. The molecular formula is C27H28N4OS. The number of rotatable bonds is 5. The van der Waals surface area contributed by atoms with Gasteiger partial charge in [-0.1, -0.05) is 54.6 Å². The number of thiophene rings is 1. The van der Waals surface area contributed by atoms with Gasteiger partial charge in [0.05, 0.1) is 31.2 Å². The Labute approximate surface area is 198 Å². The summed E-state index contributed by atoms with van der Waals surface area (Å²) in [6.45, 7) is 4.18. The van der Waals surface area contributed by atoms with Crippen molar-refractivity contribution in [1.29, 1.82) is 0 Å². The van der Waals surface area contributed by atoms with Gasteiger partial charge in [-0.3, -0.25) is 4.90 Å². The van der Waals surface area contributed by atoms with Gasteiger partial charge in [0, 0.05) is 24.0 Å². The van der Waals surface area contributed by atoms with Crippen molar-refractivity contribution in [3.63, 3.8) is 0 Å². The van der Waals surface area contributed by atoms with E-state index < -0.39 is 0 Å². The van der Waals surface area contributed by atoms with Gasteiger partial charge in [-0.25, -0.2) is 9.97 Å². The van der Waals surface area contributed by atoms with Crippen LogP contribution in [0.5, 0.6) is 0 Å². The summed E-state index contributed by atoms with van der Waals surface area (Å²) in [6.07, 6.45) is 3.47. The Morgan fingerprint density at radius 2 is 1.82 bits per heavy atom. The third-order valence-corrected chi connectivity index (χ3v) is 7.59. The number of hydrogen-bond acceptors (Lipinski definition) is 6. The normalized spacial score (nSPS) is 18.8. The van der Waals surface area contributed by atoms with E-state index in [-0.39, 0.29) is 6.04 Å². The fourth-order valence-corrected chi connectivity index (χ4v) is 5.99. The van der Waals surface area contributed by atoms with Crippen molar-refractivity contribution in [3.05, 3.63) is 76.9 Å². The van der Waals surface area contributed by atoms with Gasteiger partial charge < -0.3 is 10.1 Å². The maximum Gasteiger partial charge on any atom is 0.146 e. The molecule has 0 amide bonds. The molecule has 1 atom stereocenters. The molecule has 33 heavy (non-hydrogen) atoms. The summed E-state index contributed by atoms with van der Waals surface area (Å²) in [6, 6.07) is 19.7. The van der Waals surface area contributed by atoms with E-state index in [0.717, 1.165) is 67.5 Å². The standard InChI is InChI=1S/C27H28N4OS/c1-2-7-20(8-3-1)22-18-33-27-25(22)26(29-24(30-27)17-31-13-15-32-16-14-31)28-23-12-6-10-19-9-4-5-11-21(19)23/h1-5,7-9,11,18,23H,6,10,12-17H2,(H,28,29,30)/t23-/m0/s1. The largest absolute Gasteiger partial charge is 0.379 e. The number of morpholine rings is 1. The lowest BCUT2D eigenvalue weighted by Crippen LogP contribution is -2.36. The minimum Gasteiger partial charge on any atom is -0.379 e. The Bertz CT molecular complexity index is 1250. The van der Waals surface area contributed by atoms with Crippen LogP contribution in [0.15, 0.2) is 60.0 Å². The van der Waals surface area contributed by atoms with Gasteiger partial charge in [-0.2, -0.15) is 0 Å². The number of anilines is 1. The highest BCUT2D eigenvalue weighted by Crippen LogP contribution is 2.40. The van der Waals surface area contributed by atoms with E-state index in [9.17, 15) is 0 Å². The topological polar surface area (TPSA) is 50.3 Å². The lowest BCUT2D eigenvalue weighted by molar-refractivity contribution is 0.0331. The van der Waals surface area contributed by atoms with Crippen LogP contribution < -0.4 is 5.32 Å². The average Bonchev–Trinajstić information content (AvgIpc) is 3.30. The lowest BCUT2D eigenvalue weighted by Gasteiger charge is -2.28. The summed E-state index contributed by atoms with van der Waals surface area (Å²) in [4.78, 5) is 13.6. The minimum absolute atomic E-state index is 0.271. The van der Waals surface area contributed by atoms with E-state index in [4.69, 9.17) is 14.7 Å². The van der Waals surface area contributed by atoms with E-state index >= 15 is 0 Å². The zero-order chi connectivity index (χ0) is 22.0. The molecule has 0 saturated carbocycles. The van der Waals surface area contributed by atoms with Crippen LogP contribution in [0, 0.1) is 0 Å². The number of ether oxygens (including phenoxy) is 1. The first-order valence-corrected chi connectivity index (χ1v) is 12.7. The maximum atomic E-state index is 5.52. The second kappa shape index (κ2) is 9.21. The molecule has 6 heteroatoms. The van der Waals surface area contributed by atoms with Crippen molar-refractivity contribution in [2.75, 3.05) is 31.6 Å². The molecule has 0 spiro atoms. The van der Waals surface area contributed by atoms with Crippen LogP contribution in [0.3, 0.4) is 0 Å². The van der Waals surface area contributed by atoms with E-state index in [1.54, 1.807) is 11.3 Å². The minimum atomic E-state index is 0.271. The highest BCUT2D eigenvalue weighted by molar-refractivity contribution is 7.17. The van der Waals surface area contributed by atoms with Gasteiger partial charge in [-0.15, -0.1) is 11.3 Å². The maximum absolute atomic E-state index is 5.52. The molecule has 3 heterocycles. The molecule has 0 unspecified atom stereocenters. The SMILES string of the molecule is c1ccc(-c2csc3nc(CN4CCOCC4)nc(N[C@H]4CCCc5ccccc54)c23)cc1. The average molecular weight is 457 g/mol. The number of nitrogens with zero attached hydrogens (tertiary/aromatic N) is 3. The molecule has 0 radical (unpaired) electrons.